The molecule has 1 aliphatic heterocycles. The number of hydrogen-bond acceptors (Lipinski definition) is 4. The van der Waals surface area contributed by atoms with Crippen molar-refractivity contribution in [2.45, 2.75) is 24.8 Å². The van der Waals surface area contributed by atoms with Gasteiger partial charge in [-0.3, -0.25) is 9.59 Å². The van der Waals surface area contributed by atoms with Gasteiger partial charge in [-0.25, -0.2) is 9.24 Å². The average molecular weight is 471 g/mol. The van der Waals surface area contributed by atoms with Crippen molar-refractivity contribution in [2.24, 2.45) is 5.92 Å². The Kier molecular flexibility index (Phi) is 5.61. The van der Waals surface area contributed by atoms with Crippen LogP contribution in [0.5, 0.6) is 0 Å². The van der Waals surface area contributed by atoms with Gasteiger partial charge in [-0.15, -0.1) is 0 Å². The van der Waals surface area contributed by atoms with Crippen LogP contribution in [-0.2, 0) is 4.79 Å². The van der Waals surface area contributed by atoms with Gasteiger partial charge in [0.05, 0.1) is 24.1 Å². The van der Waals surface area contributed by atoms with E-state index in [9.17, 15) is 14.0 Å². The minimum atomic E-state index is -0.736. The van der Waals surface area contributed by atoms with E-state index in [1.165, 1.54) is 23.5 Å². The molecular formula is C26H19FN4O2S. The van der Waals surface area contributed by atoms with E-state index in [2.05, 4.69) is 10.2 Å². The highest BCUT2D eigenvalue weighted by molar-refractivity contribution is 7.16. The second-order valence-electron chi connectivity index (χ2n) is 8.49. The molecule has 0 saturated heterocycles. The highest BCUT2D eigenvalue weighted by atomic mass is 32.1. The summed E-state index contributed by atoms with van der Waals surface area (Å²) in [5, 5.41) is 12.5. The van der Waals surface area contributed by atoms with Crippen LogP contribution in [0.3, 0.4) is 0 Å². The standard InChI is InChI=1S/C26H19FN4O2S/c1-29-22-11-10-21(34-22)24-23(25(32)30-17-8-9-20(27)16(12-17)13-28)18-4-2-3-5-19(18)26(33)31(24)14-15-6-7-15/h2-5,8-12,15,23-24H,6-7,14H2,(H,30,32)/t23-,24+/m0/s1. The summed E-state index contributed by atoms with van der Waals surface area (Å²) in [5.41, 5.74) is 1.24. The Morgan fingerprint density at radius 1 is 1.24 bits per heavy atom. The Labute approximate surface area is 200 Å². The maximum Gasteiger partial charge on any atom is 0.254 e. The van der Waals surface area contributed by atoms with Gasteiger partial charge in [-0.05, 0) is 54.7 Å². The van der Waals surface area contributed by atoms with Crippen LogP contribution < -0.4 is 5.32 Å². The number of nitriles is 1. The molecule has 2 heterocycles. The van der Waals surface area contributed by atoms with Gasteiger partial charge in [0.2, 0.25) is 10.9 Å². The number of benzene rings is 2. The number of nitrogens with zero attached hydrogens (tertiary/aromatic N) is 3. The van der Waals surface area contributed by atoms with Crippen LogP contribution in [0.2, 0.25) is 0 Å². The first-order valence-electron chi connectivity index (χ1n) is 10.9. The van der Waals surface area contributed by atoms with Gasteiger partial charge in [-0.2, -0.15) is 16.6 Å². The summed E-state index contributed by atoms with van der Waals surface area (Å²) in [6.45, 7) is 7.90. The highest BCUT2D eigenvalue weighted by Gasteiger charge is 2.46. The molecule has 1 aromatic heterocycles. The monoisotopic (exact) mass is 470 g/mol. The maximum absolute atomic E-state index is 13.8. The van der Waals surface area contributed by atoms with Crippen LogP contribution in [-0.4, -0.2) is 23.3 Å². The quantitative estimate of drug-likeness (QED) is 0.490. The molecule has 1 fully saturated rings. The molecule has 2 aromatic carbocycles. The Bertz CT molecular complexity index is 1380. The molecule has 8 heteroatoms. The largest absolute Gasteiger partial charge is 0.329 e. The Hall–Kier alpha value is -4.01. The van der Waals surface area contributed by atoms with Gasteiger partial charge in [-0.1, -0.05) is 24.3 Å². The molecule has 3 aromatic rings. The Morgan fingerprint density at radius 2 is 2.03 bits per heavy atom. The predicted molar refractivity (Wildman–Crippen MR) is 126 cm³/mol. The molecule has 0 unspecified atom stereocenters. The van der Waals surface area contributed by atoms with E-state index in [0.29, 0.717) is 34.3 Å². The number of fused-ring (bicyclic) bond motifs is 1. The summed E-state index contributed by atoms with van der Waals surface area (Å²) in [6.07, 6.45) is 2.08. The van der Waals surface area contributed by atoms with Crippen LogP contribution in [0, 0.1) is 29.6 Å². The zero-order valence-corrected chi connectivity index (χ0v) is 18.8. The molecular weight excluding hydrogens is 451 g/mol. The summed E-state index contributed by atoms with van der Waals surface area (Å²) in [5.74, 6) is -1.48. The second kappa shape index (κ2) is 8.74. The van der Waals surface area contributed by atoms with E-state index >= 15 is 0 Å². The number of carbonyl (C=O) groups is 2. The van der Waals surface area contributed by atoms with Gasteiger partial charge in [0.1, 0.15) is 11.9 Å². The number of hydrogen-bond donors (Lipinski definition) is 1. The molecule has 6 nitrogen and oxygen atoms in total. The Balaban J connectivity index is 1.60. The van der Waals surface area contributed by atoms with Crippen molar-refractivity contribution in [3.8, 4) is 6.07 Å². The third-order valence-electron chi connectivity index (χ3n) is 6.24. The van der Waals surface area contributed by atoms with Crippen molar-refractivity contribution in [3.05, 3.63) is 93.4 Å². The number of thiophene rings is 1. The van der Waals surface area contributed by atoms with Crippen LogP contribution in [0.25, 0.3) is 4.85 Å². The summed E-state index contributed by atoms with van der Waals surface area (Å²) in [6, 6.07) is 15.7. The molecule has 0 bridgehead atoms. The number of anilines is 1. The first-order valence-corrected chi connectivity index (χ1v) is 11.7. The van der Waals surface area contributed by atoms with E-state index < -0.39 is 17.8 Å². The van der Waals surface area contributed by atoms with Crippen molar-refractivity contribution < 1.29 is 14.0 Å². The predicted octanol–water partition coefficient (Wildman–Crippen LogP) is 5.64. The molecule has 2 atom stereocenters. The molecule has 1 saturated carbocycles. The summed E-state index contributed by atoms with van der Waals surface area (Å²) >= 11 is 1.28. The Morgan fingerprint density at radius 3 is 2.74 bits per heavy atom. The SMILES string of the molecule is [C-]#[N+]c1ccc([C@@H]2[C@@H](C(=O)Nc3ccc(F)c(C#N)c3)c3ccccc3C(=O)N2CC2CC2)s1. The summed E-state index contributed by atoms with van der Waals surface area (Å²) < 4.78 is 13.8. The number of nitrogens with one attached hydrogen (secondary N) is 1. The second-order valence-corrected chi connectivity index (χ2v) is 9.59. The van der Waals surface area contributed by atoms with Crippen LogP contribution >= 0.6 is 11.3 Å². The van der Waals surface area contributed by atoms with Crippen molar-refractivity contribution in [2.75, 3.05) is 11.9 Å². The van der Waals surface area contributed by atoms with E-state index in [0.717, 1.165) is 23.8 Å². The topological polar surface area (TPSA) is 77.6 Å². The van der Waals surface area contributed by atoms with E-state index in [1.54, 1.807) is 41.3 Å². The third-order valence-corrected chi connectivity index (χ3v) is 7.29. The van der Waals surface area contributed by atoms with E-state index in [1.807, 2.05) is 6.07 Å². The lowest BCUT2D eigenvalue weighted by Crippen LogP contribution is -2.46. The van der Waals surface area contributed by atoms with Crippen molar-refractivity contribution in [1.29, 1.82) is 5.26 Å². The molecule has 1 N–H and O–H groups in total. The molecule has 2 aliphatic rings. The average Bonchev–Trinajstić information content (AvgIpc) is 3.54. The normalized spacial score (nSPS) is 19.1. The molecule has 5 rings (SSSR count). The van der Waals surface area contributed by atoms with Gasteiger partial charge >= 0.3 is 0 Å². The van der Waals surface area contributed by atoms with Crippen molar-refractivity contribution in [3.63, 3.8) is 0 Å². The van der Waals surface area contributed by atoms with E-state index in [4.69, 9.17) is 11.8 Å². The molecule has 34 heavy (non-hydrogen) atoms. The zero-order valence-electron chi connectivity index (χ0n) is 18.0. The molecule has 0 radical (unpaired) electrons. The first-order chi connectivity index (χ1) is 16.5. The zero-order chi connectivity index (χ0) is 23.8. The van der Waals surface area contributed by atoms with Gasteiger partial charge < -0.3 is 10.2 Å². The van der Waals surface area contributed by atoms with Crippen LogP contribution in [0.4, 0.5) is 15.1 Å². The van der Waals surface area contributed by atoms with Gasteiger partial charge in [0.25, 0.3) is 5.91 Å². The van der Waals surface area contributed by atoms with Crippen LogP contribution in [0.15, 0.2) is 54.6 Å². The van der Waals surface area contributed by atoms with Crippen molar-refractivity contribution in [1.82, 2.24) is 4.90 Å². The van der Waals surface area contributed by atoms with Gasteiger partial charge in [0, 0.05) is 22.7 Å². The fraction of sp³-hybridized carbons (Fsp3) is 0.231. The smallest absolute Gasteiger partial charge is 0.254 e. The third kappa shape index (κ3) is 3.93. The minimum Gasteiger partial charge on any atom is -0.329 e. The van der Waals surface area contributed by atoms with Gasteiger partial charge in [0.15, 0.2) is 0 Å². The molecule has 2 amide bonds. The molecule has 1 aliphatic carbocycles. The number of rotatable bonds is 5. The lowest BCUT2D eigenvalue weighted by atomic mass is 9.81. The number of amides is 2. The number of carbonyl (C=O) groups excluding carboxylic acids is 2. The molecule has 168 valence electrons. The maximum atomic E-state index is 13.8. The fourth-order valence-corrected chi connectivity index (χ4v) is 5.38. The summed E-state index contributed by atoms with van der Waals surface area (Å²) in [4.78, 5) is 33.3. The lowest BCUT2D eigenvalue weighted by molar-refractivity contribution is -0.119. The number of halogens is 1. The fourth-order valence-electron chi connectivity index (χ4n) is 4.44. The van der Waals surface area contributed by atoms with E-state index in [-0.39, 0.29) is 17.4 Å². The van der Waals surface area contributed by atoms with Crippen molar-refractivity contribution >= 4 is 33.8 Å². The summed E-state index contributed by atoms with van der Waals surface area (Å²) in [7, 11) is 0. The lowest BCUT2D eigenvalue weighted by Gasteiger charge is -2.41. The minimum absolute atomic E-state index is 0.122. The molecule has 0 spiro atoms. The first kappa shape index (κ1) is 21.8. The highest BCUT2D eigenvalue weighted by Crippen LogP contribution is 2.48. The van der Waals surface area contributed by atoms with Crippen LogP contribution in [0.1, 0.15) is 51.2 Å².